The molecule has 0 unspecified atom stereocenters. The highest BCUT2D eigenvalue weighted by Crippen LogP contribution is 2.48. The quantitative estimate of drug-likeness (QED) is 0.251. The lowest BCUT2D eigenvalue weighted by molar-refractivity contribution is -0.111. The zero-order valence-electron chi connectivity index (χ0n) is 22.3. The van der Waals surface area contributed by atoms with Crippen LogP contribution in [0.2, 0.25) is 39.3 Å². The molecule has 0 heterocycles. The van der Waals surface area contributed by atoms with Crippen LogP contribution in [0.5, 0.6) is 0 Å². The number of fused-ring (bicyclic) bond motifs is 8. The van der Waals surface area contributed by atoms with Gasteiger partial charge in [0.15, 0.2) is 5.78 Å². The van der Waals surface area contributed by atoms with Gasteiger partial charge in [0.2, 0.25) is 0 Å². The molecule has 0 N–H and O–H groups in total. The van der Waals surface area contributed by atoms with Crippen molar-refractivity contribution in [3.05, 3.63) is 105 Å². The summed E-state index contributed by atoms with van der Waals surface area (Å²) in [7, 11) is -3.71. The van der Waals surface area contributed by atoms with Gasteiger partial charge in [-0.05, 0) is 78.2 Å². The molecule has 0 saturated carbocycles. The third-order valence-electron chi connectivity index (χ3n) is 7.94. The van der Waals surface area contributed by atoms with E-state index >= 15 is 0 Å². The van der Waals surface area contributed by atoms with Crippen LogP contribution in [0.4, 0.5) is 0 Å². The van der Waals surface area contributed by atoms with E-state index in [9.17, 15) is 4.79 Å². The van der Waals surface area contributed by atoms with Crippen LogP contribution < -0.4 is 0 Å². The number of carbonyl (C=O) groups excluding carboxylic acids is 1. The van der Waals surface area contributed by atoms with Crippen LogP contribution in [0.15, 0.2) is 94.3 Å². The summed E-state index contributed by atoms with van der Waals surface area (Å²) in [6, 6.07) is 26.8. The molecule has 0 spiro atoms. The number of Topliss-reactive ketones (excluding diaryl/α,β-unsaturated/α-hetero) is 1. The van der Waals surface area contributed by atoms with E-state index in [-0.39, 0.29) is 0 Å². The molecule has 0 bridgehead atoms. The van der Waals surface area contributed by atoms with Gasteiger partial charge in [0, 0.05) is 0 Å². The van der Waals surface area contributed by atoms with Crippen LogP contribution >= 0.6 is 0 Å². The number of benzene rings is 4. The number of allylic oxidation sites excluding steroid dienone is 4. The van der Waals surface area contributed by atoms with E-state index in [0.29, 0.717) is 5.78 Å². The van der Waals surface area contributed by atoms with E-state index < -0.39 is 16.1 Å². The maximum atomic E-state index is 14.2. The summed E-state index contributed by atoms with van der Waals surface area (Å²) in [5.41, 5.74) is 8.11. The van der Waals surface area contributed by atoms with Crippen molar-refractivity contribution in [2.45, 2.75) is 52.1 Å². The number of rotatable bonds is 2. The van der Waals surface area contributed by atoms with Gasteiger partial charge in [-0.3, -0.25) is 4.79 Å². The second-order valence-electron chi connectivity index (χ2n) is 12.5. The first kappa shape index (κ1) is 23.4. The third-order valence-corrected chi connectivity index (χ3v) is 12.0. The van der Waals surface area contributed by atoms with Crippen molar-refractivity contribution in [2.75, 3.05) is 0 Å². The van der Waals surface area contributed by atoms with Crippen LogP contribution in [0.25, 0.3) is 32.7 Å². The first-order valence-corrected chi connectivity index (χ1v) is 20.1. The Hall–Kier alpha value is -3.02. The Balaban J connectivity index is 1.79. The van der Waals surface area contributed by atoms with Crippen molar-refractivity contribution in [1.82, 2.24) is 0 Å². The normalized spacial score (nSPS) is 16.2. The Morgan fingerprint density at radius 2 is 0.917 bits per heavy atom. The fraction of sp³-hybridized carbons (Fsp3) is 0.242. The summed E-state index contributed by atoms with van der Waals surface area (Å²) in [5, 5.41) is 7.53. The molecule has 36 heavy (non-hydrogen) atoms. The van der Waals surface area contributed by atoms with Gasteiger partial charge in [0.05, 0.1) is 16.1 Å². The van der Waals surface area contributed by atoms with Gasteiger partial charge in [-0.25, -0.2) is 0 Å². The van der Waals surface area contributed by atoms with Gasteiger partial charge in [-0.15, -0.1) is 0 Å². The van der Waals surface area contributed by atoms with Gasteiger partial charge < -0.3 is 0 Å². The van der Waals surface area contributed by atoms with E-state index in [1.807, 2.05) is 0 Å². The first-order chi connectivity index (χ1) is 17.1. The van der Waals surface area contributed by atoms with E-state index in [0.717, 1.165) is 12.8 Å². The van der Waals surface area contributed by atoms with Gasteiger partial charge in [-0.2, -0.15) is 0 Å². The molecule has 180 valence electrons. The second-order valence-corrected chi connectivity index (χ2v) is 22.5. The molecule has 0 aliphatic heterocycles. The minimum absolute atomic E-state index is 0.380. The summed E-state index contributed by atoms with van der Waals surface area (Å²) in [6.45, 7) is 14.1. The smallest absolute Gasteiger partial charge is 0.177 e. The molecule has 2 aliphatic carbocycles. The Labute approximate surface area is 216 Å². The van der Waals surface area contributed by atoms with Crippen LogP contribution in [0.3, 0.4) is 0 Å². The Morgan fingerprint density at radius 3 is 1.31 bits per heavy atom. The van der Waals surface area contributed by atoms with Crippen LogP contribution in [0, 0.1) is 0 Å². The molecule has 0 atom stereocenters. The van der Waals surface area contributed by atoms with Crippen LogP contribution in [-0.2, 0) is 17.6 Å². The molecule has 6 rings (SSSR count). The number of hydrogen-bond acceptors (Lipinski definition) is 1. The van der Waals surface area contributed by atoms with Gasteiger partial charge in [0.25, 0.3) is 0 Å². The summed E-state index contributed by atoms with van der Waals surface area (Å²) in [4.78, 5) is 14.2. The van der Waals surface area contributed by atoms with Gasteiger partial charge in [0.1, 0.15) is 0 Å². The van der Waals surface area contributed by atoms with Gasteiger partial charge >= 0.3 is 0 Å². The lowest BCUT2D eigenvalue weighted by atomic mass is 9.80. The molecule has 2 aliphatic rings. The summed E-state index contributed by atoms with van der Waals surface area (Å²) >= 11 is 0. The first-order valence-electron chi connectivity index (χ1n) is 13.1. The monoisotopic (exact) mass is 502 g/mol. The molecular weight excluding hydrogens is 469 g/mol. The molecule has 0 radical (unpaired) electrons. The summed E-state index contributed by atoms with van der Waals surface area (Å²) < 4.78 is 0. The average molecular weight is 503 g/mol. The number of ketones is 1. The van der Waals surface area contributed by atoms with Crippen molar-refractivity contribution < 1.29 is 4.79 Å². The zero-order valence-corrected chi connectivity index (χ0v) is 24.3. The van der Waals surface area contributed by atoms with Crippen LogP contribution in [-0.4, -0.2) is 21.9 Å². The maximum Gasteiger partial charge on any atom is 0.177 e. The molecular formula is C33H34OSi2. The average Bonchev–Trinajstić information content (AvgIpc) is 3.08. The third kappa shape index (κ3) is 3.52. The van der Waals surface area contributed by atoms with Crippen molar-refractivity contribution in [1.29, 1.82) is 0 Å². The van der Waals surface area contributed by atoms with Crippen molar-refractivity contribution in [3.8, 4) is 11.1 Å². The molecule has 4 aromatic carbocycles. The van der Waals surface area contributed by atoms with Crippen LogP contribution in [0.1, 0.15) is 11.1 Å². The predicted octanol–water partition coefficient (Wildman–Crippen LogP) is 8.69. The molecule has 3 heteroatoms. The highest BCUT2D eigenvalue weighted by Gasteiger charge is 2.43. The molecule has 0 amide bonds. The summed E-state index contributed by atoms with van der Waals surface area (Å²) in [5.74, 6) is 0.380. The maximum absolute atomic E-state index is 14.2. The fourth-order valence-electron chi connectivity index (χ4n) is 6.58. The van der Waals surface area contributed by atoms with Crippen molar-refractivity contribution >= 4 is 43.5 Å². The Morgan fingerprint density at radius 1 is 0.528 bits per heavy atom. The number of hydrogen-bond donors (Lipinski definition) is 0. The zero-order chi connectivity index (χ0) is 25.4. The van der Waals surface area contributed by atoms with E-state index in [4.69, 9.17) is 0 Å². The molecule has 0 aromatic heterocycles. The van der Waals surface area contributed by atoms with E-state index in [1.165, 1.54) is 65.3 Å². The largest absolute Gasteiger partial charge is 0.290 e. The SMILES string of the molecule is C[Si](C)(C)C1=C2Cc3ccc4ccccc4c3-c3c(ccc4ccccc34)CC2=C([Si](C)(C)C)C1=O. The predicted molar refractivity (Wildman–Crippen MR) is 160 cm³/mol. The van der Waals surface area contributed by atoms with E-state index in [1.54, 1.807) is 0 Å². The van der Waals surface area contributed by atoms with Gasteiger partial charge in [-0.1, -0.05) is 112 Å². The molecule has 1 nitrogen and oxygen atoms in total. The number of carbonyl (C=O) groups is 1. The molecule has 0 fully saturated rings. The standard InChI is InChI=1S/C33H34OSi2/c1-35(2,3)32-27-19-23-17-15-21-11-7-9-13-25(21)29(23)30-24(18-16-22-12-8-10-14-26(22)30)20-28(27)33(31(32)34)36(4,5)6/h7-18H,19-20H2,1-6H3. The fourth-order valence-corrected chi connectivity index (χ4v) is 10.6. The van der Waals surface area contributed by atoms with Crippen molar-refractivity contribution in [2.24, 2.45) is 0 Å². The van der Waals surface area contributed by atoms with E-state index in [2.05, 4.69) is 112 Å². The topological polar surface area (TPSA) is 17.1 Å². The van der Waals surface area contributed by atoms with Crippen molar-refractivity contribution in [3.63, 3.8) is 0 Å². The minimum Gasteiger partial charge on any atom is -0.290 e. The lowest BCUT2D eigenvalue weighted by Gasteiger charge is -2.27. The second kappa shape index (κ2) is 7.99. The Kier molecular flexibility index (Phi) is 5.19. The summed E-state index contributed by atoms with van der Waals surface area (Å²) in [6.07, 6.45) is 1.69. The lowest BCUT2D eigenvalue weighted by Crippen LogP contribution is -2.35. The molecule has 0 saturated heterocycles. The highest BCUT2D eigenvalue weighted by atomic mass is 28.3. The Bertz CT molecular complexity index is 1530. The minimum atomic E-state index is -1.85. The molecule has 4 aromatic rings. The highest BCUT2D eigenvalue weighted by molar-refractivity contribution is 6.94.